The van der Waals surface area contributed by atoms with E-state index in [1.807, 2.05) is 0 Å². The van der Waals surface area contributed by atoms with Crippen molar-refractivity contribution in [1.82, 2.24) is 0 Å². The maximum Gasteiger partial charge on any atom is 0.255 e. The molecular formula is C24H18Cl5FN2O2. The minimum absolute atomic E-state index is 0.0116. The molecule has 0 radical (unpaired) electrons. The Balaban J connectivity index is 1.72. The first-order valence-corrected chi connectivity index (χ1v) is 11.8. The maximum atomic E-state index is 13.2. The normalized spacial score (nSPS) is 19.1. The SMILES string of the molecule is C=C(/C=C\C(F)=C/C)C(=O)Nc1cc(NC(=O)C2C(c3cc(Cl)cc(Cl)c3)C2(Cl)Cl)ccc1Cl. The van der Waals surface area contributed by atoms with Crippen LogP contribution in [-0.2, 0) is 9.59 Å². The van der Waals surface area contributed by atoms with Crippen molar-refractivity contribution in [2.75, 3.05) is 10.6 Å². The second-order valence-corrected chi connectivity index (χ2v) is 10.2. The summed E-state index contributed by atoms with van der Waals surface area (Å²) in [5, 5.41) is 6.34. The number of carbonyl (C=O) groups excluding carboxylic acids is 2. The zero-order valence-electron chi connectivity index (χ0n) is 17.6. The number of nitrogens with one attached hydrogen (secondary N) is 2. The molecular weight excluding hydrogens is 545 g/mol. The van der Waals surface area contributed by atoms with Gasteiger partial charge in [-0.3, -0.25) is 9.59 Å². The second-order valence-electron chi connectivity index (χ2n) is 7.50. The second kappa shape index (κ2) is 10.7. The predicted molar refractivity (Wildman–Crippen MR) is 139 cm³/mol. The molecule has 2 aromatic rings. The summed E-state index contributed by atoms with van der Waals surface area (Å²) in [5.74, 6) is -2.80. The van der Waals surface area contributed by atoms with Crippen LogP contribution in [0.3, 0.4) is 0 Å². The third-order valence-electron chi connectivity index (χ3n) is 5.07. The molecule has 3 rings (SSSR count). The van der Waals surface area contributed by atoms with Crippen LogP contribution >= 0.6 is 58.0 Å². The molecule has 1 saturated carbocycles. The summed E-state index contributed by atoms with van der Waals surface area (Å²) in [6.45, 7) is 5.12. The fraction of sp³-hybridized carbons (Fsp3) is 0.167. The topological polar surface area (TPSA) is 58.2 Å². The Morgan fingerprint density at radius 3 is 2.29 bits per heavy atom. The van der Waals surface area contributed by atoms with E-state index in [9.17, 15) is 14.0 Å². The van der Waals surface area contributed by atoms with E-state index in [-0.39, 0.29) is 16.3 Å². The molecule has 0 aromatic heterocycles. The van der Waals surface area contributed by atoms with Gasteiger partial charge in [-0.05, 0) is 61.0 Å². The van der Waals surface area contributed by atoms with Gasteiger partial charge < -0.3 is 10.6 Å². The minimum atomic E-state index is -1.34. The molecule has 1 aliphatic carbocycles. The lowest BCUT2D eigenvalue weighted by molar-refractivity contribution is -0.117. The van der Waals surface area contributed by atoms with Crippen LogP contribution in [0, 0.1) is 5.92 Å². The lowest BCUT2D eigenvalue weighted by Gasteiger charge is -2.11. The Labute approximate surface area is 221 Å². The highest BCUT2D eigenvalue weighted by Crippen LogP contribution is 2.65. The standard InChI is InChI=1S/C24H18Cl5FN2O2/c1-3-16(30)5-4-12(2)22(33)32-19-11-17(6-7-18(19)27)31-23(34)21-20(24(21,28)29)13-8-14(25)10-15(26)9-13/h3-11,20-21H,2H2,1H3,(H,31,34)(H,32,33)/b5-4-,16-3+. The first-order chi connectivity index (χ1) is 15.9. The summed E-state index contributed by atoms with van der Waals surface area (Å²) in [6.07, 6.45) is 3.59. The van der Waals surface area contributed by atoms with Gasteiger partial charge in [0.05, 0.1) is 16.6 Å². The van der Waals surface area contributed by atoms with Gasteiger partial charge in [-0.25, -0.2) is 4.39 Å². The maximum absolute atomic E-state index is 13.2. The smallest absolute Gasteiger partial charge is 0.255 e. The van der Waals surface area contributed by atoms with E-state index in [1.165, 1.54) is 31.2 Å². The van der Waals surface area contributed by atoms with Crippen LogP contribution in [0.5, 0.6) is 0 Å². The number of anilines is 2. The van der Waals surface area contributed by atoms with Crippen molar-refractivity contribution in [3.8, 4) is 0 Å². The molecule has 2 N–H and O–H groups in total. The Hall–Kier alpha value is -2.02. The Morgan fingerprint density at radius 2 is 1.68 bits per heavy atom. The van der Waals surface area contributed by atoms with Crippen molar-refractivity contribution in [2.45, 2.75) is 17.2 Å². The molecule has 2 atom stereocenters. The number of amides is 2. The number of hydrogen-bond donors (Lipinski definition) is 2. The Morgan fingerprint density at radius 1 is 1.03 bits per heavy atom. The Kier molecular flexibility index (Phi) is 8.38. The van der Waals surface area contributed by atoms with E-state index >= 15 is 0 Å². The number of hydrogen-bond acceptors (Lipinski definition) is 2. The average Bonchev–Trinajstić information content (AvgIpc) is 3.35. The predicted octanol–water partition coefficient (Wildman–Crippen LogP) is 8.10. The van der Waals surface area contributed by atoms with Crippen molar-refractivity contribution in [3.63, 3.8) is 0 Å². The number of benzene rings is 2. The minimum Gasteiger partial charge on any atom is -0.326 e. The van der Waals surface area contributed by atoms with Gasteiger partial charge in [0.25, 0.3) is 5.91 Å². The van der Waals surface area contributed by atoms with E-state index in [4.69, 9.17) is 58.0 Å². The van der Waals surface area contributed by atoms with Crippen LogP contribution < -0.4 is 10.6 Å². The molecule has 178 valence electrons. The summed E-state index contributed by atoms with van der Waals surface area (Å²) in [7, 11) is 0. The number of allylic oxidation sites excluding steroid dienone is 3. The first-order valence-electron chi connectivity index (χ1n) is 9.88. The van der Waals surface area contributed by atoms with Crippen molar-refractivity contribution < 1.29 is 14.0 Å². The molecule has 1 aliphatic rings. The summed E-state index contributed by atoms with van der Waals surface area (Å²) < 4.78 is 11.9. The molecule has 0 spiro atoms. The van der Waals surface area contributed by atoms with Gasteiger partial charge in [0.2, 0.25) is 5.91 Å². The first kappa shape index (κ1) is 26.6. The van der Waals surface area contributed by atoms with Gasteiger partial charge >= 0.3 is 0 Å². The monoisotopic (exact) mass is 560 g/mol. The molecule has 1 fully saturated rings. The van der Waals surface area contributed by atoms with Gasteiger partial charge in [0, 0.05) is 27.2 Å². The lowest BCUT2D eigenvalue weighted by Crippen LogP contribution is -2.18. The zero-order valence-corrected chi connectivity index (χ0v) is 21.4. The van der Waals surface area contributed by atoms with E-state index < -0.39 is 33.8 Å². The summed E-state index contributed by atoms with van der Waals surface area (Å²) in [4.78, 5) is 25.3. The number of rotatable bonds is 7. The van der Waals surface area contributed by atoms with Crippen molar-refractivity contribution in [1.29, 1.82) is 0 Å². The fourth-order valence-corrected chi connectivity index (χ4v) is 4.83. The van der Waals surface area contributed by atoms with Crippen LogP contribution in [0.1, 0.15) is 18.4 Å². The number of carbonyl (C=O) groups is 2. The van der Waals surface area contributed by atoms with E-state index in [2.05, 4.69) is 17.2 Å². The quantitative estimate of drug-likeness (QED) is 0.204. The summed E-state index contributed by atoms with van der Waals surface area (Å²) in [6, 6.07) is 9.41. The average molecular weight is 563 g/mol. The molecule has 4 nitrogen and oxygen atoms in total. The molecule has 2 unspecified atom stereocenters. The zero-order chi connectivity index (χ0) is 25.2. The molecule has 0 saturated heterocycles. The van der Waals surface area contributed by atoms with Gasteiger partial charge in [0.1, 0.15) is 10.2 Å². The molecule has 2 aromatic carbocycles. The van der Waals surface area contributed by atoms with Crippen LogP contribution in [0.25, 0.3) is 0 Å². The molecule has 0 bridgehead atoms. The third kappa shape index (κ3) is 6.15. The third-order valence-corrected chi connectivity index (χ3v) is 6.78. The largest absolute Gasteiger partial charge is 0.326 e. The molecule has 0 aliphatic heterocycles. The van der Waals surface area contributed by atoms with Crippen LogP contribution in [0.4, 0.5) is 15.8 Å². The van der Waals surface area contributed by atoms with Crippen LogP contribution in [0.2, 0.25) is 15.1 Å². The lowest BCUT2D eigenvalue weighted by atomic mass is 10.1. The van der Waals surface area contributed by atoms with Crippen molar-refractivity contribution >= 4 is 81.2 Å². The summed E-state index contributed by atoms with van der Waals surface area (Å²) in [5.41, 5.74) is 1.23. The Bertz CT molecular complexity index is 1210. The molecule has 0 heterocycles. The molecule has 10 heteroatoms. The van der Waals surface area contributed by atoms with Gasteiger partial charge in [-0.2, -0.15) is 0 Å². The fourth-order valence-electron chi connectivity index (χ4n) is 3.30. The number of alkyl halides is 2. The van der Waals surface area contributed by atoms with E-state index in [1.54, 1.807) is 24.3 Å². The van der Waals surface area contributed by atoms with Crippen LogP contribution in [0.15, 0.2) is 72.6 Å². The van der Waals surface area contributed by atoms with E-state index in [0.29, 0.717) is 21.3 Å². The van der Waals surface area contributed by atoms with Gasteiger partial charge in [0.15, 0.2) is 0 Å². The van der Waals surface area contributed by atoms with Crippen LogP contribution in [-0.4, -0.2) is 16.1 Å². The van der Waals surface area contributed by atoms with Crippen molar-refractivity contribution in [3.05, 3.63) is 93.2 Å². The van der Waals surface area contributed by atoms with Gasteiger partial charge in [-0.15, -0.1) is 23.2 Å². The molecule has 2 amide bonds. The van der Waals surface area contributed by atoms with Crippen molar-refractivity contribution in [2.24, 2.45) is 5.92 Å². The number of halogens is 6. The highest BCUT2D eigenvalue weighted by Gasteiger charge is 2.67. The highest BCUT2D eigenvalue weighted by molar-refractivity contribution is 6.53. The highest BCUT2D eigenvalue weighted by atomic mass is 35.5. The van der Waals surface area contributed by atoms with E-state index in [0.717, 1.165) is 6.08 Å². The summed E-state index contributed by atoms with van der Waals surface area (Å²) >= 11 is 31.1. The molecule has 34 heavy (non-hydrogen) atoms. The van der Waals surface area contributed by atoms with Gasteiger partial charge in [-0.1, -0.05) is 47.5 Å².